The zero-order valence-electron chi connectivity index (χ0n) is 16.1. The minimum Gasteiger partial charge on any atom is -0.480 e. The van der Waals surface area contributed by atoms with Gasteiger partial charge in [0.15, 0.2) is 0 Å². The molecule has 0 fully saturated rings. The predicted molar refractivity (Wildman–Crippen MR) is 100 cm³/mol. The van der Waals surface area contributed by atoms with Crippen LogP contribution in [0.2, 0.25) is 0 Å². The van der Waals surface area contributed by atoms with Crippen molar-refractivity contribution in [2.45, 2.75) is 110 Å². The van der Waals surface area contributed by atoms with Crippen molar-refractivity contribution in [1.82, 2.24) is 5.32 Å². The largest absolute Gasteiger partial charge is 0.480 e. The van der Waals surface area contributed by atoms with Crippen LogP contribution < -0.4 is 5.32 Å². The van der Waals surface area contributed by atoms with E-state index in [-0.39, 0.29) is 11.8 Å². The van der Waals surface area contributed by atoms with Gasteiger partial charge in [-0.25, -0.2) is 4.79 Å². The fraction of sp³-hybridized carbons (Fsp3) is 0.900. The van der Waals surface area contributed by atoms with Crippen LogP contribution in [-0.4, -0.2) is 23.0 Å². The first-order chi connectivity index (χ1) is 11.5. The molecule has 0 aromatic rings. The van der Waals surface area contributed by atoms with Crippen molar-refractivity contribution < 1.29 is 14.7 Å². The summed E-state index contributed by atoms with van der Waals surface area (Å²) in [4.78, 5) is 22.9. The van der Waals surface area contributed by atoms with Crippen LogP contribution in [0.15, 0.2) is 0 Å². The number of rotatable bonds is 16. The highest BCUT2D eigenvalue weighted by Gasteiger charge is 2.20. The number of carbonyl (C=O) groups is 2. The number of hydrogen-bond donors (Lipinski definition) is 2. The van der Waals surface area contributed by atoms with Gasteiger partial charge >= 0.3 is 5.97 Å². The Labute approximate surface area is 148 Å². The first-order valence-corrected chi connectivity index (χ1v) is 9.99. The monoisotopic (exact) mass is 341 g/mol. The van der Waals surface area contributed by atoms with Crippen LogP contribution in [0.1, 0.15) is 104 Å². The molecule has 0 rings (SSSR count). The van der Waals surface area contributed by atoms with Crippen molar-refractivity contribution in [3.05, 3.63) is 0 Å². The summed E-state index contributed by atoms with van der Waals surface area (Å²) < 4.78 is 0. The van der Waals surface area contributed by atoms with Gasteiger partial charge in [-0.05, 0) is 18.8 Å². The minimum atomic E-state index is -0.934. The molecule has 1 amide bonds. The molecule has 0 aliphatic rings. The Bertz CT molecular complexity index is 329. The molecule has 0 saturated heterocycles. The molecule has 4 nitrogen and oxygen atoms in total. The molecule has 0 bridgehead atoms. The van der Waals surface area contributed by atoms with Gasteiger partial charge in [-0.3, -0.25) is 4.79 Å². The maximum absolute atomic E-state index is 11.8. The van der Waals surface area contributed by atoms with Gasteiger partial charge in [-0.15, -0.1) is 0 Å². The van der Waals surface area contributed by atoms with Gasteiger partial charge in [0.1, 0.15) is 6.04 Å². The quantitative estimate of drug-likeness (QED) is 0.374. The van der Waals surface area contributed by atoms with Gasteiger partial charge in [0, 0.05) is 6.42 Å². The van der Waals surface area contributed by atoms with Crippen LogP contribution in [0.4, 0.5) is 0 Å². The van der Waals surface area contributed by atoms with E-state index in [0.717, 1.165) is 12.8 Å². The van der Waals surface area contributed by atoms with Gasteiger partial charge < -0.3 is 10.4 Å². The Balaban J connectivity index is 3.53. The number of carboxylic acids is 1. The third kappa shape index (κ3) is 14.5. The third-order valence-corrected chi connectivity index (χ3v) is 4.35. The molecule has 2 N–H and O–H groups in total. The lowest BCUT2D eigenvalue weighted by atomic mass is 10.0. The number of unbranched alkanes of at least 4 members (excludes halogenated alkanes) is 10. The van der Waals surface area contributed by atoms with Crippen LogP contribution in [0.3, 0.4) is 0 Å². The molecule has 0 spiro atoms. The molecule has 0 aliphatic heterocycles. The lowest BCUT2D eigenvalue weighted by Gasteiger charge is -2.16. The summed E-state index contributed by atoms with van der Waals surface area (Å²) in [5.41, 5.74) is 0. The van der Waals surface area contributed by atoms with Gasteiger partial charge in [0.05, 0.1) is 0 Å². The van der Waals surface area contributed by atoms with Crippen LogP contribution in [-0.2, 0) is 9.59 Å². The van der Waals surface area contributed by atoms with Crippen LogP contribution >= 0.6 is 0 Å². The van der Waals surface area contributed by atoms with E-state index in [1.54, 1.807) is 0 Å². The van der Waals surface area contributed by atoms with E-state index < -0.39 is 12.0 Å². The number of carboxylic acid groups (broad SMARTS) is 1. The van der Waals surface area contributed by atoms with E-state index in [0.29, 0.717) is 12.8 Å². The molecule has 0 aromatic heterocycles. The zero-order chi connectivity index (χ0) is 18.2. The summed E-state index contributed by atoms with van der Waals surface area (Å²) in [6.45, 7) is 6.17. The number of aliphatic carboxylic acids is 1. The molecule has 0 aromatic carbocycles. The average molecular weight is 342 g/mol. The topological polar surface area (TPSA) is 66.4 Å². The van der Waals surface area contributed by atoms with Crippen molar-refractivity contribution in [2.75, 3.05) is 0 Å². The SMILES string of the molecule is CCCCCCCCCCCCCC(=O)NC(CC(C)C)C(=O)O. The molecule has 4 heteroatoms. The van der Waals surface area contributed by atoms with Crippen LogP contribution in [0.5, 0.6) is 0 Å². The van der Waals surface area contributed by atoms with Crippen molar-refractivity contribution in [3.63, 3.8) is 0 Å². The Hall–Kier alpha value is -1.06. The molecular formula is C20H39NO3. The van der Waals surface area contributed by atoms with Crippen LogP contribution in [0.25, 0.3) is 0 Å². The van der Waals surface area contributed by atoms with E-state index in [1.807, 2.05) is 13.8 Å². The van der Waals surface area contributed by atoms with Gasteiger partial charge in [-0.2, -0.15) is 0 Å². The van der Waals surface area contributed by atoms with Gasteiger partial charge in [-0.1, -0.05) is 85.0 Å². The van der Waals surface area contributed by atoms with Gasteiger partial charge in [0.25, 0.3) is 0 Å². The summed E-state index contributed by atoms with van der Waals surface area (Å²) in [6, 6.07) is -0.745. The second kappa shape index (κ2) is 15.5. The van der Waals surface area contributed by atoms with E-state index in [9.17, 15) is 9.59 Å². The summed E-state index contributed by atoms with van der Waals surface area (Å²) in [5.74, 6) is -0.802. The lowest BCUT2D eigenvalue weighted by Crippen LogP contribution is -2.41. The highest BCUT2D eigenvalue weighted by molar-refractivity contribution is 5.83. The summed E-state index contributed by atoms with van der Waals surface area (Å²) >= 11 is 0. The summed E-state index contributed by atoms with van der Waals surface area (Å²) in [7, 11) is 0. The predicted octanol–water partition coefficient (Wildman–Crippen LogP) is 5.30. The van der Waals surface area contributed by atoms with E-state index >= 15 is 0 Å². The fourth-order valence-electron chi connectivity index (χ4n) is 2.91. The molecule has 0 aliphatic carbocycles. The Morgan fingerprint density at radius 3 is 1.71 bits per heavy atom. The summed E-state index contributed by atoms with van der Waals surface area (Å²) in [5, 5.41) is 11.8. The number of hydrogen-bond acceptors (Lipinski definition) is 2. The third-order valence-electron chi connectivity index (χ3n) is 4.35. The van der Waals surface area contributed by atoms with E-state index in [1.165, 1.54) is 57.8 Å². The van der Waals surface area contributed by atoms with Crippen molar-refractivity contribution >= 4 is 11.9 Å². The maximum Gasteiger partial charge on any atom is 0.326 e. The van der Waals surface area contributed by atoms with Crippen molar-refractivity contribution in [3.8, 4) is 0 Å². The normalized spacial score (nSPS) is 12.3. The fourth-order valence-corrected chi connectivity index (χ4v) is 2.91. The number of nitrogens with one attached hydrogen (secondary N) is 1. The molecular weight excluding hydrogens is 302 g/mol. The lowest BCUT2D eigenvalue weighted by molar-refractivity contribution is -0.142. The zero-order valence-corrected chi connectivity index (χ0v) is 16.1. The maximum atomic E-state index is 11.8. The molecule has 142 valence electrons. The minimum absolute atomic E-state index is 0.126. The van der Waals surface area contributed by atoms with E-state index in [2.05, 4.69) is 12.2 Å². The summed E-state index contributed by atoms with van der Waals surface area (Å²) in [6.07, 6.45) is 14.7. The number of carbonyl (C=O) groups excluding carboxylic acids is 1. The van der Waals surface area contributed by atoms with E-state index in [4.69, 9.17) is 5.11 Å². The second-order valence-electron chi connectivity index (χ2n) is 7.37. The first-order valence-electron chi connectivity index (χ1n) is 9.99. The average Bonchev–Trinajstić information content (AvgIpc) is 2.51. The van der Waals surface area contributed by atoms with Crippen molar-refractivity contribution in [1.29, 1.82) is 0 Å². The first kappa shape index (κ1) is 22.9. The molecule has 0 saturated carbocycles. The number of amides is 1. The smallest absolute Gasteiger partial charge is 0.326 e. The van der Waals surface area contributed by atoms with Gasteiger partial charge in [0.2, 0.25) is 5.91 Å². The molecule has 24 heavy (non-hydrogen) atoms. The highest BCUT2D eigenvalue weighted by atomic mass is 16.4. The Kier molecular flexibility index (Phi) is 14.8. The second-order valence-corrected chi connectivity index (χ2v) is 7.37. The highest BCUT2D eigenvalue weighted by Crippen LogP contribution is 2.12. The standard InChI is InChI=1S/C20H39NO3/c1-4-5-6-7-8-9-10-11-12-13-14-15-19(22)21-18(20(23)24)16-17(2)3/h17-18H,4-16H2,1-3H3,(H,21,22)(H,23,24). The Morgan fingerprint density at radius 1 is 0.833 bits per heavy atom. The Morgan fingerprint density at radius 2 is 1.29 bits per heavy atom. The molecule has 0 heterocycles. The van der Waals surface area contributed by atoms with Crippen molar-refractivity contribution in [2.24, 2.45) is 5.92 Å². The molecule has 1 atom stereocenters. The molecule has 0 radical (unpaired) electrons. The van der Waals surface area contributed by atoms with Crippen LogP contribution in [0, 0.1) is 5.92 Å². The molecule has 1 unspecified atom stereocenters.